The van der Waals surface area contributed by atoms with Crippen molar-refractivity contribution in [1.29, 1.82) is 0 Å². The first-order chi connectivity index (χ1) is 6.67. The van der Waals surface area contributed by atoms with Crippen molar-refractivity contribution in [3.63, 3.8) is 0 Å². The molecule has 0 saturated carbocycles. The topological polar surface area (TPSA) is 18.5 Å². The molecule has 0 amide bonds. The molecule has 0 bridgehead atoms. The van der Waals surface area contributed by atoms with E-state index in [0.29, 0.717) is 4.83 Å². The second-order valence-electron chi connectivity index (χ2n) is 3.17. The van der Waals surface area contributed by atoms with Gasteiger partial charge in [0.05, 0.1) is 14.2 Å². The number of methoxy groups -OCH3 is 2. The molecule has 0 aliphatic rings. The Kier molecular flexibility index (Phi) is 4.26. The molecule has 78 valence electrons. The maximum absolute atomic E-state index is 5.22. The van der Waals surface area contributed by atoms with Gasteiger partial charge < -0.3 is 9.47 Å². The third kappa shape index (κ3) is 2.91. The number of halogens is 1. The molecule has 0 saturated heterocycles. The van der Waals surface area contributed by atoms with Crippen LogP contribution < -0.4 is 9.47 Å². The lowest BCUT2D eigenvalue weighted by atomic mass is 10.1. The van der Waals surface area contributed by atoms with Gasteiger partial charge in [0.1, 0.15) is 0 Å². The van der Waals surface area contributed by atoms with Crippen LogP contribution in [0.4, 0.5) is 0 Å². The van der Waals surface area contributed by atoms with Gasteiger partial charge in [0.2, 0.25) is 0 Å². The molecule has 0 aromatic heterocycles. The van der Waals surface area contributed by atoms with E-state index in [2.05, 4.69) is 28.9 Å². The van der Waals surface area contributed by atoms with Crippen molar-refractivity contribution < 1.29 is 9.47 Å². The van der Waals surface area contributed by atoms with Gasteiger partial charge in [-0.2, -0.15) is 0 Å². The van der Waals surface area contributed by atoms with Crippen molar-refractivity contribution in [2.75, 3.05) is 14.2 Å². The molecule has 1 atom stereocenters. The molecule has 0 radical (unpaired) electrons. The Labute approximate surface area is 93.4 Å². The Hall–Kier alpha value is -0.700. The molecule has 0 fully saturated rings. The molecule has 0 unspecified atom stereocenters. The van der Waals surface area contributed by atoms with Crippen LogP contribution in [-0.4, -0.2) is 19.0 Å². The zero-order valence-electron chi connectivity index (χ0n) is 8.71. The fraction of sp³-hybridized carbons (Fsp3) is 0.455. The van der Waals surface area contributed by atoms with Crippen LogP contribution in [0.25, 0.3) is 0 Å². The molecule has 3 heteroatoms. The van der Waals surface area contributed by atoms with Gasteiger partial charge in [0, 0.05) is 4.83 Å². The summed E-state index contributed by atoms with van der Waals surface area (Å²) in [4.78, 5) is 0.473. The molecule has 2 nitrogen and oxygen atoms in total. The van der Waals surface area contributed by atoms with Gasteiger partial charge in [0.25, 0.3) is 0 Å². The number of benzene rings is 1. The summed E-state index contributed by atoms with van der Waals surface area (Å²) >= 11 is 3.52. The summed E-state index contributed by atoms with van der Waals surface area (Å²) < 4.78 is 10.4. The van der Waals surface area contributed by atoms with E-state index in [0.717, 1.165) is 17.9 Å². The molecule has 1 aromatic rings. The SMILES string of the molecule is COc1ccc(C[C@@H](C)Br)cc1OC. The van der Waals surface area contributed by atoms with E-state index in [1.807, 2.05) is 12.1 Å². The van der Waals surface area contributed by atoms with E-state index in [-0.39, 0.29) is 0 Å². The van der Waals surface area contributed by atoms with Crippen molar-refractivity contribution in [1.82, 2.24) is 0 Å². The van der Waals surface area contributed by atoms with Gasteiger partial charge in [0.15, 0.2) is 11.5 Å². The molecule has 0 N–H and O–H groups in total. The number of ether oxygens (including phenoxy) is 2. The summed E-state index contributed by atoms with van der Waals surface area (Å²) in [5.41, 5.74) is 1.24. The van der Waals surface area contributed by atoms with Crippen molar-refractivity contribution in [3.8, 4) is 11.5 Å². The van der Waals surface area contributed by atoms with Gasteiger partial charge in [-0.25, -0.2) is 0 Å². The maximum Gasteiger partial charge on any atom is 0.160 e. The van der Waals surface area contributed by atoms with E-state index < -0.39 is 0 Å². The summed E-state index contributed by atoms with van der Waals surface area (Å²) in [6.07, 6.45) is 0.986. The second-order valence-corrected chi connectivity index (χ2v) is 4.74. The van der Waals surface area contributed by atoms with Gasteiger partial charge in [-0.1, -0.05) is 28.9 Å². The van der Waals surface area contributed by atoms with E-state index in [1.165, 1.54) is 5.56 Å². The third-order valence-corrected chi connectivity index (χ3v) is 2.29. The van der Waals surface area contributed by atoms with Gasteiger partial charge >= 0.3 is 0 Å². The maximum atomic E-state index is 5.22. The van der Waals surface area contributed by atoms with Gasteiger partial charge in [-0.15, -0.1) is 0 Å². The molecule has 1 aromatic carbocycles. The lowest BCUT2D eigenvalue weighted by molar-refractivity contribution is 0.354. The Morgan fingerprint density at radius 3 is 2.36 bits per heavy atom. The molecule has 0 heterocycles. The van der Waals surface area contributed by atoms with E-state index in [1.54, 1.807) is 14.2 Å². The fourth-order valence-electron chi connectivity index (χ4n) is 1.33. The van der Waals surface area contributed by atoms with Gasteiger partial charge in [-0.3, -0.25) is 0 Å². The lowest BCUT2D eigenvalue weighted by Crippen LogP contribution is -1.98. The molecular weight excluding hydrogens is 244 g/mol. The van der Waals surface area contributed by atoms with Crippen molar-refractivity contribution >= 4 is 15.9 Å². The van der Waals surface area contributed by atoms with Crippen molar-refractivity contribution in [2.45, 2.75) is 18.2 Å². The largest absolute Gasteiger partial charge is 0.493 e. The van der Waals surface area contributed by atoms with Crippen molar-refractivity contribution in [3.05, 3.63) is 23.8 Å². The Morgan fingerprint density at radius 2 is 1.86 bits per heavy atom. The van der Waals surface area contributed by atoms with Crippen LogP contribution in [0.3, 0.4) is 0 Å². The Balaban J connectivity index is 2.89. The molecular formula is C11H15BrO2. The first kappa shape index (κ1) is 11.4. The highest BCUT2D eigenvalue weighted by molar-refractivity contribution is 9.09. The highest BCUT2D eigenvalue weighted by Gasteiger charge is 2.05. The van der Waals surface area contributed by atoms with E-state index >= 15 is 0 Å². The fourth-order valence-corrected chi connectivity index (χ4v) is 1.71. The van der Waals surface area contributed by atoms with Crippen LogP contribution >= 0.6 is 15.9 Å². The monoisotopic (exact) mass is 258 g/mol. The number of rotatable bonds is 4. The number of hydrogen-bond donors (Lipinski definition) is 0. The summed E-state index contributed by atoms with van der Waals surface area (Å²) in [5, 5.41) is 0. The average Bonchev–Trinajstić information content (AvgIpc) is 2.16. The van der Waals surface area contributed by atoms with Crippen LogP contribution in [0.2, 0.25) is 0 Å². The molecule has 0 aliphatic heterocycles. The Bertz CT molecular complexity index is 297. The van der Waals surface area contributed by atoms with Crippen LogP contribution in [0, 0.1) is 0 Å². The summed E-state index contributed by atoms with van der Waals surface area (Å²) in [7, 11) is 3.30. The first-order valence-corrected chi connectivity index (χ1v) is 5.44. The highest BCUT2D eigenvalue weighted by Crippen LogP contribution is 2.28. The van der Waals surface area contributed by atoms with E-state index in [4.69, 9.17) is 9.47 Å². The third-order valence-electron chi connectivity index (χ3n) is 1.96. The predicted octanol–water partition coefficient (Wildman–Crippen LogP) is 3.03. The van der Waals surface area contributed by atoms with Crippen LogP contribution in [0.15, 0.2) is 18.2 Å². The molecule has 0 aliphatic carbocycles. The minimum absolute atomic E-state index is 0.473. The van der Waals surface area contributed by atoms with Crippen LogP contribution in [0.5, 0.6) is 11.5 Å². The minimum atomic E-state index is 0.473. The average molecular weight is 259 g/mol. The molecule has 1 rings (SSSR count). The molecule has 0 spiro atoms. The van der Waals surface area contributed by atoms with Crippen molar-refractivity contribution in [2.24, 2.45) is 0 Å². The number of alkyl halides is 1. The standard InChI is InChI=1S/C11H15BrO2/c1-8(12)6-9-4-5-10(13-2)11(7-9)14-3/h4-5,7-8H,6H2,1-3H3/t8-/m1/s1. The lowest BCUT2D eigenvalue weighted by Gasteiger charge is -2.10. The highest BCUT2D eigenvalue weighted by atomic mass is 79.9. The van der Waals surface area contributed by atoms with E-state index in [9.17, 15) is 0 Å². The quantitative estimate of drug-likeness (QED) is 0.774. The predicted molar refractivity (Wildman–Crippen MR) is 61.6 cm³/mol. The zero-order valence-corrected chi connectivity index (χ0v) is 10.3. The molecule has 14 heavy (non-hydrogen) atoms. The van der Waals surface area contributed by atoms with Crippen LogP contribution in [-0.2, 0) is 6.42 Å². The minimum Gasteiger partial charge on any atom is -0.493 e. The summed E-state index contributed by atoms with van der Waals surface area (Å²) in [6.45, 7) is 2.12. The second kappa shape index (κ2) is 5.25. The smallest absolute Gasteiger partial charge is 0.160 e. The Morgan fingerprint density at radius 1 is 1.21 bits per heavy atom. The summed E-state index contributed by atoms with van der Waals surface area (Å²) in [6, 6.07) is 6.00. The number of hydrogen-bond acceptors (Lipinski definition) is 2. The van der Waals surface area contributed by atoms with Crippen LogP contribution in [0.1, 0.15) is 12.5 Å². The normalized spacial score (nSPS) is 12.3. The van der Waals surface area contributed by atoms with Gasteiger partial charge in [-0.05, 0) is 24.1 Å². The summed E-state index contributed by atoms with van der Waals surface area (Å²) in [5.74, 6) is 1.57. The zero-order chi connectivity index (χ0) is 10.6. The first-order valence-electron chi connectivity index (χ1n) is 4.52.